The summed E-state index contributed by atoms with van der Waals surface area (Å²) in [6.07, 6.45) is 5.25. The first-order valence-corrected chi connectivity index (χ1v) is 9.06. The molecule has 126 valence electrons. The molecule has 0 aromatic rings. The van der Waals surface area contributed by atoms with Gasteiger partial charge in [0.15, 0.2) is 0 Å². The van der Waals surface area contributed by atoms with E-state index in [1.165, 1.54) is 38.8 Å². The maximum atomic E-state index is 6.30. The molecule has 1 aliphatic rings. The van der Waals surface area contributed by atoms with Crippen LogP contribution in [0, 0.1) is 23.2 Å². The Kier molecular flexibility index (Phi) is 6.74. The van der Waals surface area contributed by atoms with Crippen LogP contribution in [0.25, 0.3) is 0 Å². The van der Waals surface area contributed by atoms with Gasteiger partial charge in [-0.3, -0.25) is 4.90 Å². The van der Waals surface area contributed by atoms with Crippen molar-refractivity contribution in [1.82, 2.24) is 4.90 Å². The fourth-order valence-corrected chi connectivity index (χ4v) is 4.01. The van der Waals surface area contributed by atoms with Crippen molar-refractivity contribution < 1.29 is 0 Å². The summed E-state index contributed by atoms with van der Waals surface area (Å²) < 4.78 is 0. The number of hydrogen-bond acceptors (Lipinski definition) is 2. The van der Waals surface area contributed by atoms with Crippen LogP contribution in [0.5, 0.6) is 0 Å². The monoisotopic (exact) mass is 296 g/mol. The highest BCUT2D eigenvalue weighted by atomic mass is 15.2. The van der Waals surface area contributed by atoms with Gasteiger partial charge in [0.25, 0.3) is 0 Å². The summed E-state index contributed by atoms with van der Waals surface area (Å²) in [6, 6.07) is 0. The number of nitrogens with two attached hydrogens (primary N) is 1. The van der Waals surface area contributed by atoms with Gasteiger partial charge in [-0.1, -0.05) is 48.5 Å². The quantitative estimate of drug-likeness (QED) is 0.780. The summed E-state index contributed by atoms with van der Waals surface area (Å²) >= 11 is 0. The fourth-order valence-electron chi connectivity index (χ4n) is 4.01. The molecule has 0 aliphatic heterocycles. The van der Waals surface area contributed by atoms with Gasteiger partial charge in [-0.2, -0.15) is 0 Å². The molecule has 0 radical (unpaired) electrons. The molecule has 0 aromatic heterocycles. The second kappa shape index (κ2) is 7.46. The Morgan fingerprint density at radius 3 is 1.71 bits per heavy atom. The van der Waals surface area contributed by atoms with E-state index in [0.29, 0.717) is 17.3 Å². The van der Waals surface area contributed by atoms with E-state index >= 15 is 0 Å². The number of hydrogen-bond donors (Lipinski definition) is 1. The van der Waals surface area contributed by atoms with Crippen molar-refractivity contribution in [1.29, 1.82) is 0 Å². The lowest BCUT2D eigenvalue weighted by Gasteiger charge is -2.51. The van der Waals surface area contributed by atoms with Gasteiger partial charge in [0, 0.05) is 25.2 Å². The summed E-state index contributed by atoms with van der Waals surface area (Å²) in [4.78, 5) is 2.74. The average molecular weight is 297 g/mol. The topological polar surface area (TPSA) is 29.3 Å². The van der Waals surface area contributed by atoms with E-state index in [-0.39, 0.29) is 5.54 Å². The van der Waals surface area contributed by atoms with E-state index in [1.54, 1.807) is 0 Å². The molecule has 0 saturated heterocycles. The molecular weight excluding hydrogens is 256 g/mol. The van der Waals surface area contributed by atoms with Crippen molar-refractivity contribution in [2.24, 2.45) is 28.9 Å². The Morgan fingerprint density at radius 2 is 1.43 bits per heavy atom. The predicted molar refractivity (Wildman–Crippen MR) is 94.4 cm³/mol. The molecule has 1 saturated carbocycles. The zero-order valence-electron chi connectivity index (χ0n) is 15.7. The van der Waals surface area contributed by atoms with Gasteiger partial charge in [0.05, 0.1) is 0 Å². The van der Waals surface area contributed by atoms with Crippen LogP contribution < -0.4 is 5.73 Å². The Hall–Kier alpha value is -0.0800. The van der Waals surface area contributed by atoms with Crippen LogP contribution in [0.4, 0.5) is 0 Å². The SMILES string of the molecule is CC(C)CN(CC(C)C)C1(CN)CCC(C(C)(C)C)CC1. The molecule has 1 rings (SSSR count). The first kappa shape index (κ1) is 19.0. The Morgan fingerprint density at radius 1 is 1.00 bits per heavy atom. The average Bonchev–Trinajstić information content (AvgIpc) is 2.36. The maximum absolute atomic E-state index is 6.30. The molecule has 21 heavy (non-hydrogen) atoms. The highest BCUT2D eigenvalue weighted by Crippen LogP contribution is 2.43. The van der Waals surface area contributed by atoms with Gasteiger partial charge in [-0.05, 0) is 48.9 Å². The van der Waals surface area contributed by atoms with Gasteiger partial charge >= 0.3 is 0 Å². The van der Waals surface area contributed by atoms with E-state index in [4.69, 9.17) is 5.73 Å². The van der Waals surface area contributed by atoms with Crippen LogP contribution in [0.3, 0.4) is 0 Å². The van der Waals surface area contributed by atoms with E-state index in [1.807, 2.05) is 0 Å². The van der Waals surface area contributed by atoms with Crippen molar-refractivity contribution in [2.45, 2.75) is 79.7 Å². The largest absolute Gasteiger partial charge is 0.329 e. The van der Waals surface area contributed by atoms with E-state index in [0.717, 1.165) is 12.5 Å². The van der Waals surface area contributed by atoms with Crippen molar-refractivity contribution in [3.8, 4) is 0 Å². The van der Waals surface area contributed by atoms with Gasteiger partial charge in [-0.25, -0.2) is 0 Å². The lowest BCUT2D eigenvalue weighted by Crippen LogP contribution is -2.58. The summed E-state index contributed by atoms with van der Waals surface area (Å²) in [7, 11) is 0. The molecule has 1 fully saturated rings. The van der Waals surface area contributed by atoms with Gasteiger partial charge in [0.2, 0.25) is 0 Å². The summed E-state index contributed by atoms with van der Waals surface area (Å²) in [5.74, 6) is 2.29. The first-order chi connectivity index (χ1) is 9.60. The highest BCUT2D eigenvalue weighted by Gasteiger charge is 2.41. The summed E-state index contributed by atoms with van der Waals surface area (Å²) in [5, 5.41) is 0. The van der Waals surface area contributed by atoms with Crippen LogP contribution in [0.1, 0.15) is 74.1 Å². The lowest BCUT2D eigenvalue weighted by atomic mass is 9.66. The zero-order chi connectivity index (χ0) is 16.3. The normalized spacial score (nSPS) is 27.9. The standard InChI is InChI=1S/C19H40N2/c1-15(2)12-21(13-16(3)4)19(14-20)10-8-17(9-11-19)18(5,6)7/h15-17H,8-14,20H2,1-7H3. The van der Waals surface area contributed by atoms with Gasteiger partial charge in [-0.15, -0.1) is 0 Å². The second-order valence-corrected chi connectivity index (χ2v) is 9.26. The molecule has 0 aromatic carbocycles. The molecule has 0 unspecified atom stereocenters. The van der Waals surface area contributed by atoms with Crippen LogP contribution in [0.2, 0.25) is 0 Å². The molecule has 1 aliphatic carbocycles. The third kappa shape index (κ3) is 5.25. The number of rotatable bonds is 6. The lowest BCUT2D eigenvalue weighted by molar-refractivity contribution is 0.00692. The summed E-state index contributed by atoms with van der Waals surface area (Å²) in [6.45, 7) is 19.7. The molecular formula is C19H40N2. The molecule has 0 heterocycles. The van der Waals surface area contributed by atoms with Crippen LogP contribution in [0.15, 0.2) is 0 Å². The molecule has 0 spiro atoms. The highest BCUT2D eigenvalue weighted by molar-refractivity contribution is 4.98. The molecule has 2 N–H and O–H groups in total. The van der Waals surface area contributed by atoms with Crippen molar-refractivity contribution >= 4 is 0 Å². The Labute approximate surface area is 133 Å². The molecule has 2 nitrogen and oxygen atoms in total. The molecule has 2 heteroatoms. The fraction of sp³-hybridized carbons (Fsp3) is 1.00. The molecule has 0 amide bonds. The van der Waals surface area contributed by atoms with Gasteiger partial charge in [0.1, 0.15) is 0 Å². The summed E-state index contributed by atoms with van der Waals surface area (Å²) in [5.41, 5.74) is 7.01. The third-order valence-corrected chi connectivity index (χ3v) is 5.36. The van der Waals surface area contributed by atoms with Crippen LogP contribution in [-0.2, 0) is 0 Å². The minimum absolute atomic E-state index is 0.260. The maximum Gasteiger partial charge on any atom is 0.0332 e. The van der Waals surface area contributed by atoms with Crippen molar-refractivity contribution in [3.05, 3.63) is 0 Å². The zero-order valence-corrected chi connectivity index (χ0v) is 15.7. The Balaban J connectivity index is 2.82. The van der Waals surface area contributed by atoms with Crippen molar-refractivity contribution in [3.63, 3.8) is 0 Å². The van der Waals surface area contributed by atoms with E-state index < -0.39 is 0 Å². The smallest absolute Gasteiger partial charge is 0.0332 e. The van der Waals surface area contributed by atoms with Crippen LogP contribution in [-0.4, -0.2) is 30.1 Å². The van der Waals surface area contributed by atoms with Crippen molar-refractivity contribution in [2.75, 3.05) is 19.6 Å². The number of nitrogens with zero attached hydrogens (tertiary/aromatic N) is 1. The van der Waals surface area contributed by atoms with E-state index in [2.05, 4.69) is 53.4 Å². The minimum atomic E-state index is 0.260. The predicted octanol–water partition coefficient (Wildman–Crippen LogP) is 4.53. The minimum Gasteiger partial charge on any atom is -0.329 e. The third-order valence-electron chi connectivity index (χ3n) is 5.36. The van der Waals surface area contributed by atoms with Crippen LogP contribution >= 0.6 is 0 Å². The molecule has 0 atom stereocenters. The second-order valence-electron chi connectivity index (χ2n) is 9.26. The Bertz CT molecular complexity index is 283. The first-order valence-electron chi connectivity index (χ1n) is 9.06. The van der Waals surface area contributed by atoms with Gasteiger partial charge < -0.3 is 5.73 Å². The van der Waals surface area contributed by atoms with E-state index in [9.17, 15) is 0 Å². The molecule has 0 bridgehead atoms.